The van der Waals surface area contributed by atoms with Gasteiger partial charge in [-0.15, -0.1) is 11.3 Å². The lowest BCUT2D eigenvalue weighted by molar-refractivity contribution is 0.0960. The van der Waals surface area contributed by atoms with Crippen LogP contribution in [0.15, 0.2) is 0 Å². The number of thiophene rings is 1. The van der Waals surface area contributed by atoms with Crippen molar-refractivity contribution in [3.05, 3.63) is 4.88 Å². The van der Waals surface area contributed by atoms with Gasteiger partial charge in [0.15, 0.2) is 5.75 Å². The molecule has 0 saturated heterocycles. The maximum Gasteiger partial charge on any atom is 0.263 e. The lowest BCUT2D eigenvalue weighted by Gasteiger charge is -2.14. The third-order valence-electron chi connectivity index (χ3n) is 2.22. The van der Waals surface area contributed by atoms with Crippen LogP contribution in [0.2, 0.25) is 0 Å². The van der Waals surface area contributed by atoms with Gasteiger partial charge >= 0.3 is 0 Å². The summed E-state index contributed by atoms with van der Waals surface area (Å²) in [6.45, 7) is 10.4. The number of carbonyl (C=O) groups excluding carboxylic acids is 1. The van der Waals surface area contributed by atoms with E-state index < -0.39 is 0 Å². The molecule has 0 unspecified atom stereocenters. The van der Waals surface area contributed by atoms with Crippen LogP contribution in [0.3, 0.4) is 0 Å². The smallest absolute Gasteiger partial charge is 0.263 e. The predicted molar refractivity (Wildman–Crippen MR) is 81.3 cm³/mol. The van der Waals surface area contributed by atoms with Crippen molar-refractivity contribution in [1.29, 1.82) is 0 Å². The van der Waals surface area contributed by atoms with Crippen LogP contribution in [0.5, 0.6) is 5.75 Å². The van der Waals surface area contributed by atoms with Crippen molar-refractivity contribution in [2.75, 3.05) is 17.6 Å². The SMILES string of the molecule is CCNC(=O)c1sc(NC(C)C)c(OC(C)C)c1N. The fraction of sp³-hybridized carbons (Fsp3) is 0.615. The zero-order valence-corrected chi connectivity index (χ0v) is 13.0. The van der Waals surface area contributed by atoms with Gasteiger partial charge in [-0.25, -0.2) is 0 Å². The Balaban J connectivity index is 3.14. The largest absolute Gasteiger partial charge is 0.486 e. The summed E-state index contributed by atoms with van der Waals surface area (Å²) < 4.78 is 5.73. The van der Waals surface area contributed by atoms with Crippen LogP contribution < -0.4 is 21.1 Å². The van der Waals surface area contributed by atoms with Crippen molar-refractivity contribution < 1.29 is 9.53 Å². The Labute approximate surface area is 118 Å². The van der Waals surface area contributed by atoms with E-state index in [1.165, 1.54) is 11.3 Å². The van der Waals surface area contributed by atoms with Crippen LogP contribution in [0.4, 0.5) is 10.7 Å². The van der Waals surface area contributed by atoms with Gasteiger partial charge in [0.1, 0.15) is 15.6 Å². The maximum absolute atomic E-state index is 11.9. The van der Waals surface area contributed by atoms with Crippen LogP contribution in [-0.2, 0) is 0 Å². The van der Waals surface area contributed by atoms with Crippen LogP contribution in [0.1, 0.15) is 44.3 Å². The monoisotopic (exact) mass is 285 g/mol. The minimum absolute atomic E-state index is 0.00620. The molecule has 0 radical (unpaired) electrons. The molecule has 0 atom stereocenters. The summed E-state index contributed by atoms with van der Waals surface area (Å²) in [4.78, 5) is 12.4. The van der Waals surface area contributed by atoms with Crippen molar-refractivity contribution >= 4 is 27.9 Å². The maximum atomic E-state index is 11.9. The molecule has 1 amide bonds. The van der Waals surface area contributed by atoms with E-state index in [9.17, 15) is 4.79 Å². The molecule has 0 aliphatic heterocycles. The van der Waals surface area contributed by atoms with E-state index in [4.69, 9.17) is 10.5 Å². The average molecular weight is 285 g/mol. The van der Waals surface area contributed by atoms with Gasteiger partial charge in [-0.1, -0.05) is 0 Å². The van der Waals surface area contributed by atoms with E-state index in [1.54, 1.807) is 0 Å². The Morgan fingerprint density at radius 2 is 2.00 bits per heavy atom. The minimum Gasteiger partial charge on any atom is -0.486 e. The molecule has 1 aromatic heterocycles. The number of nitrogens with one attached hydrogen (secondary N) is 2. The number of rotatable bonds is 6. The molecule has 5 nitrogen and oxygen atoms in total. The first-order valence-electron chi connectivity index (χ1n) is 6.50. The first kappa shape index (κ1) is 15.6. The van der Waals surface area contributed by atoms with E-state index in [-0.39, 0.29) is 18.1 Å². The Morgan fingerprint density at radius 1 is 1.37 bits per heavy atom. The molecule has 1 rings (SSSR count). The van der Waals surface area contributed by atoms with Crippen LogP contribution >= 0.6 is 11.3 Å². The standard InChI is InChI=1S/C13H23N3O2S/c1-6-15-12(17)11-9(14)10(18-8(4)5)13(19-11)16-7(2)3/h7-8,16H,6,14H2,1-5H3,(H,15,17). The molecule has 0 fully saturated rings. The van der Waals surface area contributed by atoms with Gasteiger partial charge < -0.3 is 21.1 Å². The first-order valence-corrected chi connectivity index (χ1v) is 7.32. The third kappa shape index (κ3) is 4.02. The molecular formula is C13H23N3O2S. The van der Waals surface area contributed by atoms with Gasteiger partial charge in [0, 0.05) is 12.6 Å². The second-order valence-electron chi connectivity index (χ2n) is 4.83. The number of anilines is 2. The zero-order valence-electron chi connectivity index (χ0n) is 12.2. The van der Waals surface area contributed by atoms with Crippen molar-refractivity contribution in [3.8, 4) is 5.75 Å². The first-order chi connectivity index (χ1) is 8.86. The predicted octanol–water partition coefficient (Wildman–Crippen LogP) is 2.69. The Hall–Kier alpha value is -1.43. The van der Waals surface area contributed by atoms with Crippen molar-refractivity contribution in [1.82, 2.24) is 5.32 Å². The average Bonchev–Trinajstić information content (AvgIpc) is 2.57. The van der Waals surface area contributed by atoms with Crippen molar-refractivity contribution in [2.45, 2.75) is 46.8 Å². The van der Waals surface area contributed by atoms with E-state index in [0.717, 1.165) is 5.00 Å². The summed E-state index contributed by atoms with van der Waals surface area (Å²) in [6, 6.07) is 0.245. The van der Waals surface area contributed by atoms with Gasteiger partial charge in [-0.3, -0.25) is 4.79 Å². The van der Waals surface area contributed by atoms with E-state index in [1.807, 2.05) is 34.6 Å². The lowest BCUT2D eigenvalue weighted by Crippen LogP contribution is -2.22. The van der Waals surface area contributed by atoms with Crippen molar-refractivity contribution in [3.63, 3.8) is 0 Å². The Kier molecular flexibility index (Phi) is 5.47. The van der Waals surface area contributed by atoms with Crippen molar-refractivity contribution in [2.24, 2.45) is 0 Å². The fourth-order valence-corrected chi connectivity index (χ4v) is 2.67. The molecule has 1 heterocycles. The summed E-state index contributed by atoms with van der Waals surface area (Å²) in [6.07, 6.45) is 0.00620. The summed E-state index contributed by atoms with van der Waals surface area (Å²) in [7, 11) is 0. The Bertz CT molecular complexity index is 441. The molecule has 1 aromatic rings. The van der Waals surface area contributed by atoms with Crippen LogP contribution in [0.25, 0.3) is 0 Å². The highest BCUT2D eigenvalue weighted by atomic mass is 32.1. The zero-order chi connectivity index (χ0) is 14.6. The summed E-state index contributed by atoms with van der Waals surface area (Å²) in [5.41, 5.74) is 6.45. The quantitative estimate of drug-likeness (QED) is 0.751. The second kappa shape index (κ2) is 6.65. The molecule has 0 bridgehead atoms. The lowest BCUT2D eigenvalue weighted by atomic mass is 10.3. The molecule has 0 aliphatic rings. The summed E-state index contributed by atoms with van der Waals surface area (Å²) in [5, 5.41) is 6.84. The van der Waals surface area contributed by atoms with Gasteiger partial charge in [0.2, 0.25) is 0 Å². The molecule has 108 valence electrons. The van der Waals surface area contributed by atoms with Gasteiger partial charge in [0.25, 0.3) is 5.91 Å². The normalized spacial score (nSPS) is 10.9. The highest BCUT2D eigenvalue weighted by molar-refractivity contribution is 7.19. The highest BCUT2D eigenvalue weighted by Gasteiger charge is 2.23. The van der Waals surface area contributed by atoms with Gasteiger partial charge in [-0.05, 0) is 34.6 Å². The van der Waals surface area contributed by atoms with E-state index in [2.05, 4.69) is 10.6 Å². The third-order valence-corrected chi connectivity index (χ3v) is 3.33. The summed E-state index contributed by atoms with van der Waals surface area (Å²) in [5.74, 6) is 0.422. The summed E-state index contributed by atoms with van der Waals surface area (Å²) >= 11 is 1.33. The topological polar surface area (TPSA) is 76.4 Å². The molecule has 0 spiro atoms. The molecule has 0 aliphatic carbocycles. The van der Waals surface area contributed by atoms with E-state index >= 15 is 0 Å². The fourth-order valence-electron chi connectivity index (χ4n) is 1.55. The number of ether oxygens (including phenoxy) is 1. The molecule has 19 heavy (non-hydrogen) atoms. The van der Waals surface area contributed by atoms with Gasteiger partial charge in [-0.2, -0.15) is 0 Å². The highest BCUT2D eigenvalue weighted by Crippen LogP contribution is 2.43. The van der Waals surface area contributed by atoms with E-state index in [0.29, 0.717) is 22.9 Å². The molecule has 6 heteroatoms. The number of hydrogen-bond acceptors (Lipinski definition) is 5. The molecule has 0 aromatic carbocycles. The number of carbonyl (C=O) groups is 1. The molecule has 4 N–H and O–H groups in total. The van der Waals surface area contributed by atoms with Crippen LogP contribution in [0, 0.1) is 0 Å². The number of nitrogens with two attached hydrogens (primary N) is 1. The molecule has 0 saturated carbocycles. The number of hydrogen-bond donors (Lipinski definition) is 3. The molecular weight excluding hydrogens is 262 g/mol. The Morgan fingerprint density at radius 3 is 2.47 bits per heavy atom. The second-order valence-corrected chi connectivity index (χ2v) is 5.85. The number of amides is 1. The van der Waals surface area contributed by atoms with Gasteiger partial charge in [0.05, 0.1) is 6.10 Å². The number of nitrogen functional groups attached to an aromatic ring is 1. The minimum atomic E-state index is -0.157. The van der Waals surface area contributed by atoms with Crippen LogP contribution in [-0.4, -0.2) is 24.6 Å².